The lowest BCUT2D eigenvalue weighted by Gasteiger charge is -2.09. The second-order valence-electron chi connectivity index (χ2n) is 4.51. The third kappa shape index (κ3) is 2.55. The van der Waals surface area contributed by atoms with Crippen molar-refractivity contribution in [3.63, 3.8) is 0 Å². The van der Waals surface area contributed by atoms with Crippen molar-refractivity contribution in [2.45, 2.75) is 6.92 Å². The largest absolute Gasteiger partial charge is 0.508 e. The first-order chi connectivity index (χ1) is 10.1. The Morgan fingerprint density at radius 1 is 1.29 bits per heavy atom. The predicted octanol–water partition coefficient (Wildman–Crippen LogP) is 3.61. The number of hydrogen-bond acceptors (Lipinski definition) is 5. The fraction of sp³-hybridized carbons (Fsp3) is 0.0714. The lowest BCUT2D eigenvalue weighted by Crippen LogP contribution is -2.14. The number of benzene rings is 2. The summed E-state index contributed by atoms with van der Waals surface area (Å²) in [5.74, 6) is -0.192. The zero-order valence-electron chi connectivity index (χ0n) is 10.9. The number of nitrogens with zero attached hydrogens (tertiary/aromatic N) is 2. The first kappa shape index (κ1) is 13.8. The number of anilines is 1. The fourth-order valence-electron chi connectivity index (χ4n) is 2.03. The Kier molecular flexibility index (Phi) is 3.48. The lowest BCUT2D eigenvalue weighted by atomic mass is 10.1. The minimum Gasteiger partial charge on any atom is -0.508 e. The molecule has 0 spiro atoms. The molecule has 106 valence electrons. The van der Waals surface area contributed by atoms with Crippen LogP contribution in [0.1, 0.15) is 15.9 Å². The van der Waals surface area contributed by atoms with Gasteiger partial charge in [0.05, 0.1) is 22.4 Å². The number of carbonyl (C=O) groups excluding carboxylic acids is 1. The number of aromatic hydroxyl groups is 1. The number of nitrogens with one attached hydrogen (secondary N) is 1. The summed E-state index contributed by atoms with van der Waals surface area (Å²) >= 11 is 7.20. The van der Waals surface area contributed by atoms with Crippen LogP contribution in [0.15, 0.2) is 30.3 Å². The predicted molar refractivity (Wildman–Crippen MR) is 83.2 cm³/mol. The molecule has 0 saturated heterocycles. The molecule has 1 heterocycles. The smallest absolute Gasteiger partial charge is 0.256 e. The summed E-state index contributed by atoms with van der Waals surface area (Å²) in [5, 5.41) is 12.6. The maximum absolute atomic E-state index is 12.4. The second kappa shape index (κ2) is 5.31. The van der Waals surface area contributed by atoms with Crippen molar-refractivity contribution in [1.29, 1.82) is 0 Å². The van der Waals surface area contributed by atoms with Gasteiger partial charge in [-0.15, -0.1) is 0 Å². The third-order valence-electron chi connectivity index (χ3n) is 3.07. The number of carbonyl (C=O) groups is 1. The Morgan fingerprint density at radius 2 is 2.10 bits per heavy atom. The van der Waals surface area contributed by atoms with E-state index in [4.69, 9.17) is 11.6 Å². The van der Waals surface area contributed by atoms with Crippen LogP contribution in [0.4, 0.5) is 5.69 Å². The van der Waals surface area contributed by atoms with Gasteiger partial charge in [-0.25, -0.2) is 0 Å². The Hall–Kier alpha value is -2.18. The van der Waals surface area contributed by atoms with Crippen molar-refractivity contribution >= 4 is 46.0 Å². The van der Waals surface area contributed by atoms with Gasteiger partial charge in [0.1, 0.15) is 16.8 Å². The van der Waals surface area contributed by atoms with Gasteiger partial charge in [-0.2, -0.15) is 8.75 Å². The Balaban J connectivity index is 2.00. The van der Waals surface area contributed by atoms with Crippen molar-refractivity contribution in [2.24, 2.45) is 0 Å². The molecule has 3 aromatic rings. The molecule has 0 saturated carbocycles. The Morgan fingerprint density at radius 3 is 2.86 bits per heavy atom. The molecule has 0 aliphatic heterocycles. The van der Waals surface area contributed by atoms with Gasteiger partial charge in [-0.1, -0.05) is 11.6 Å². The van der Waals surface area contributed by atoms with Crippen LogP contribution in [-0.2, 0) is 0 Å². The number of halogens is 1. The van der Waals surface area contributed by atoms with Gasteiger partial charge >= 0.3 is 0 Å². The van der Waals surface area contributed by atoms with Gasteiger partial charge in [-0.3, -0.25) is 4.79 Å². The number of hydrogen-bond donors (Lipinski definition) is 2. The van der Waals surface area contributed by atoms with Crippen LogP contribution in [-0.4, -0.2) is 19.8 Å². The number of phenolic OH excluding ortho intramolecular Hbond substituents is 1. The number of aromatic nitrogens is 2. The minimum absolute atomic E-state index is 0.118. The van der Waals surface area contributed by atoms with Gasteiger partial charge in [0.25, 0.3) is 5.91 Å². The van der Waals surface area contributed by atoms with Crippen LogP contribution >= 0.6 is 23.3 Å². The molecule has 0 unspecified atom stereocenters. The molecule has 3 rings (SSSR count). The van der Waals surface area contributed by atoms with E-state index in [2.05, 4.69) is 14.1 Å². The summed E-state index contributed by atoms with van der Waals surface area (Å²) in [4.78, 5) is 12.4. The molecule has 0 aliphatic rings. The molecule has 0 aliphatic carbocycles. The summed E-state index contributed by atoms with van der Waals surface area (Å²) in [6.45, 7) is 1.75. The number of rotatable bonds is 2. The van der Waals surface area contributed by atoms with Crippen LogP contribution < -0.4 is 5.32 Å². The van der Waals surface area contributed by atoms with E-state index in [1.54, 1.807) is 25.1 Å². The molecule has 0 fully saturated rings. The van der Waals surface area contributed by atoms with E-state index in [1.807, 2.05) is 0 Å². The van der Waals surface area contributed by atoms with Crippen LogP contribution in [0.5, 0.6) is 5.75 Å². The fourth-order valence-corrected chi connectivity index (χ4v) is 2.77. The summed E-state index contributed by atoms with van der Waals surface area (Å²) < 4.78 is 8.27. The highest BCUT2D eigenvalue weighted by Crippen LogP contribution is 2.30. The molecule has 1 aromatic heterocycles. The highest BCUT2D eigenvalue weighted by molar-refractivity contribution is 7.00. The number of phenols is 1. The highest BCUT2D eigenvalue weighted by atomic mass is 35.5. The van der Waals surface area contributed by atoms with Crippen LogP contribution in [0.3, 0.4) is 0 Å². The summed E-state index contributed by atoms with van der Waals surface area (Å²) in [6.07, 6.45) is 0. The van der Waals surface area contributed by atoms with E-state index in [9.17, 15) is 9.90 Å². The molecule has 2 N–H and O–H groups in total. The van der Waals surface area contributed by atoms with Crippen LogP contribution in [0, 0.1) is 6.92 Å². The molecule has 0 atom stereocenters. The van der Waals surface area contributed by atoms with Crippen molar-refractivity contribution in [3.8, 4) is 5.75 Å². The Labute approximate surface area is 129 Å². The lowest BCUT2D eigenvalue weighted by molar-refractivity contribution is 0.102. The first-order valence-electron chi connectivity index (χ1n) is 6.08. The zero-order valence-corrected chi connectivity index (χ0v) is 12.5. The topological polar surface area (TPSA) is 75.1 Å². The van der Waals surface area contributed by atoms with E-state index in [-0.39, 0.29) is 11.7 Å². The number of aryl methyl sites for hydroxylation is 1. The molecule has 21 heavy (non-hydrogen) atoms. The van der Waals surface area contributed by atoms with E-state index >= 15 is 0 Å². The molecule has 2 aromatic carbocycles. The van der Waals surface area contributed by atoms with Gasteiger partial charge in [0, 0.05) is 5.56 Å². The molecule has 5 nitrogen and oxygen atoms in total. The van der Waals surface area contributed by atoms with Gasteiger partial charge in [0.15, 0.2) is 0 Å². The zero-order chi connectivity index (χ0) is 15.0. The monoisotopic (exact) mass is 319 g/mol. The second-order valence-corrected chi connectivity index (χ2v) is 5.44. The van der Waals surface area contributed by atoms with Crippen molar-refractivity contribution in [2.75, 3.05) is 5.32 Å². The molecule has 7 heteroatoms. The summed E-state index contributed by atoms with van der Waals surface area (Å²) in [6, 6.07) is 7.98. The highest BCUT2D eigenvalue weighted by Gasteiger charge is 2.15. The molecular weight excluding hydrogens is 310 g/mol. The van der Waals surface area contributed by atoms with Gasteiger partial charge in [-0.05, 0) is 42.8 Å². The molecular formula is C14H10ClN3O2S. The minimum atomic E-state index is -0.310. The standard InChI is InChI=1S/C14H10ClN3O2S/c1-7-6-8(19)2-3-9(7)14(20)16-12-10(15)4-5-11-13(12)18-21-17-11/h2-6,19H,1H3,(H,16,20). The normalized spacial score (nSPS) is 10.8. The molecule has 0 radical (unpaired) electrons. The van der Waals surface area contributed by atoms with Gasteiger partial charge < -0.3 is 10.4 Å². The van der Waals surface area contributed by atoms with Gasteiger partial charge in [0.2, 0.25) is 0 Å². The average molecular weight is 320 g/mol. The average Bonchev–Trinajstić information content (AvgIpc) is 2.90. The maximum Gasteiger partial charge on any atom is 0.256 e. The van der Waals surface area contributed by atoms with Crippen LogP contribution in [0.2, 0.25) is 5.02 Å². The first-order valence-corrected chi connectivity index (χ1v) is 7.19. The van der Waals surface area contributed by atoms with Crippen molar-refractivity contribution < 1.29 is 9.90 Å². The van der Waals surface area contributed by atoms with E-state index in [0.29, 0.717) is 32.9 Å². The van der Waals surface area contributed by atoms with E-state index < -0.39 is 0 Å². The number of fused-ring (bicyclic) bond motifs is 1. The third-order valence-corrected chi connectivity index (χ3v) is 3.93. The summed E-state index contributed by atoms with van der Waals surface area (Å²) in [7, 11) is 0. The quantitative estimate of drug-likeness (QED) is 0.756. The SMILES string of the molecule is Cc1cc(O)ccc1C(=O)Nc1c(Cl)ccc2nsnc12. The van der Waals surface area contributed by atoms with Crippen LogP contribution in [0.25, 0.3) is 11.0 Å². The van der Waals surface area contributed by atoms with Crippen molar-refractivity contribution in [1.82, 2.24) is 8.75 Å². The van der Waals surface area contributed by atoms with Crippen molar-refractivity contribution in [3.05, 3.63) is 46.5 Å². The summed E-state index contributed by atoms with van der Waals surface area (Å²) in [5.41, 5.74) is 2.83. The maximum atomic E-state index is 12.4. The molecule has 0 bridgehead atoms. The van der Waals surface area contributed by atoms with E-state index in [0.717, 1.165) is 11.7 Å². The molecule has 1 amide bonds. The number of amides is 1. The Bertz CT molecular complexity index is 847. The van der Waals surface area contributed by atoms with E-state index in [1.165, 1.54) is 12.1 Å².